The molecule has 4 aromatic heterocycles. The smallest absolute Gasteiger partial charge is 0.160 e. The van der Waals surface area contributed by atoms with Gasteiger partial charge in [-0.15, -0.1) is 0 Å². The second-order valence-electron chi connectivity index (χ2n) is 15.3. The minimum atomic E-state index is 0.0206. The van der Waals surface area contributed by atoms with Crippen LogP contribution >= 0.6 is 0 Å². The van der Waals surface area contributed by atoms with Gasteiger partial charge < -0.3 is 0 Å². The fourth-order valence-corrected chi connectivity index (χ4v) is 9.58. The Morgan fingerprint density at radius 3 is 1.05 bits per heavy atom. The molecule has 12 rings (SSSR count). The van der Waals surface area contributed by atoms with Crippen LogP contribution < -0.4 is 0 Å². The lowest BCUT2D eigenvalue weighted by atomic mass is 9.81. The molecule has 2 bridgehead atoms. The summed E-state index contributed by atoms with van der Waals surface area (Å²) in [6.07, 6.45) is 4.71. The van der Waals surface area contributed by atoms with Crippen molar-refractivity contribution in [1.29, 1.82) is 0 Å². The summed E-state index contributed by atoms with van der Waals surface area (Å²) in [5, 5.41) is 0. The van der Waals surface area contributed by atoms with Gasteiger partial charge in [-0.2, -0.15) is 0 Å². The van der Waals surface area contributed by atoms with Crippen LogP contribution in [-0.4, -0.2) is 29.9 Å². The fraction of sp³-hybridized carbons (Fsp3) is 0.0566. The van der Waals surface area contributed by atoms with Crippen LogP contribution in [0, 0.1) is 0 Å². The van der Waals surface area contributed by atoms with E-state index in [0.717, 1.165) is 84.4 Å². The summed E-state index contributed by atoms with van der Waals surface area (Å²) in [6, 6.07) is 58.8. The van der Waals surface area contributed by atoms with Crippen LogP contribution in [0.1, 0.15) is 40.5 Å². The third kappa shape index (κ3) is 5.34. The van der Waals surface area contributed by atoms with Gasteiger partial charge in [0.05, 0.1) is 34.8 Å². The lowest BCUT2D eigenvalue weighted by Crippen LogP contribution is -2.12. The summed E-state index contributed by atoms with van der Waals surface area (Å²) >= 11 is 0. The van der Waals surface area contributed by atoms with E-state index in [-0.39, 0.29) is 11.8 Å². The van der Waals surface area contributed by atoms with Gasteiger partial charge in [-0.1, -0.05) is 170 Å². The van der Waals surface area contributed by atoms with Crippen molar-refractivity contribution in [1.82, 2.24) is 29.9 Å². The Morgan fingerprint density at radius 2 is 0.661 bits per heavy atom. The molecule has 0 saturated carbocycles. The molecule has 10 aromatic rings. The molecule has 276 valence electrons. The Morgan fingerprint density at radius 1 is 0.322 bits per heavy atom. The predicted octanol–water partition coefficient (Wildman–Crippen LogP) is 12.3. The summed E-state index contributed by atoms with van der Waals surface area (Å²) in [5.74, 6) is 1.41. The average Bonchev–Trinajstić information content (AvgIpc) is 3.91. The van der Waals surface area contributed by atoms with Crippen LogP contribution in [0.5, 0.6) is 0 Å². The maximum Gasteiger partial charge on any atom is 0.160 e. The van der Waals surface area contributed by atoms with Gasteiger partial charge in [0.1, 0.15) is 11.0 Å². The first-order valence-electron chi connectivity index (χ1n) is 20.1. The fourth-order valence-electron chi connectivity index (χ4n) is 9.58. The summed E-state index contributed by atoms with van der Waals surface area (Å²) in [5.41, 5.74) is 18.8. The number of hydrogen-bond acceptors (Lipinski definition) is 6. The Kier molecular flexibility index (Phi) is 7.63. The highest BCUT2D eigenvalue weighted by Crippen LogP contribution is 2.62. The molecule has 6 heteroatoms. The van der Waals surface area contributed by atoms with Gasteiger partial charge in [-0.25, -0.2) is 29.9 Å². The van der Waals surface area contributed by atoms with Crippen LogP contribution in [0.3, 0.4) is 0 Å². The molecule has 0 fully saturated rings. The van der Waals surface area contributed by atoms with E-state index in [1.165, 1.54) is 22.3 Å². The zero-order valence-electron chi connectivity index (χ0n) is 31.9. The van der Waals surface area contributed by atoms with Gasteiger partial charge in [0.25, 0.3) is 0 Å². The van der Waals surface area contributed by atoms with Crippen molar-refractivity contribution in [3.8, 4) is 67.5 Å². The molecular weight excluding hydrogens is 721 g/mol. The van der Waals surface area contributed by atoms with Crippen LogP contribution in [0.4, 0.5) is 0 Å². The normalized spacial score (nSPS) is 15.1. The number of benzene rings is 6. The van der Waals surface area contributed by atoms with Gasteiger partial charge in [-0.3, -0.25) is 0 Å². The first kappa shape index (κ1) is 33.4. The standard InChI is InChI=1S/C53H34N6/c1-5-17-32(18-6-1)36-25-13-15-27-38(36)52-54-30-42-50(58-52)46-40-29-41(44(46)48(56-42)34-21-9-3-10-22-34)47-45(40)49(35-23-11-4-12-24-35)57-43-31-55-53(59-51(43)47)39-28-16-14-26-37(39)33-19-7-2-8-20-33/h1-28,30-31,40-41H,29H2. The molecular formula is C53H34N6. The Hall–Kier alpha value is -7.70. The first-order chi connectivity index (χ1) is 29.3. The lowest BCUT2D eigenvalue weighted by molar-refractivity contribution is 0.798. The average molecular weight is 755 g/mol. The quantitative estimate of drug-likeness (QED) is 0.168. The Balaban J connectivity index is 1.12. The van der Waals surface area contributed by atoms with Gasteiger partial charge in [0.15, 0.2) is 11.6 Å². The van der Waals surface area contributed by atoms with E-state index in [1.807, 2.05) is 24.5 Å². The maximum absolute atomic E-state index is 5.47. The molecule has 2 atom stereocenters. The molecule has 0 amide bonds. The molecule has 6 nitrogen and oxygen atoms in total. The molecule has 0 saturated heterocycles. The highest BCUT2D eigenvalue weighted by Gasteiger charge is 2.48. The predicted molar refractivity (Wildman–Crippen MR) is 236 cm³/mol. The van der Waals surface area contributed by atoms with E-state index in [9.17, 15) is 0 Å². The second-order valence-corrected chi connectivity index (χ2v) is 15.3. The molecule has 0 N–H and O–H groups in total. The molecule has 2 aliphatic rings. The second kappa shape index (κ2) is 13.5. The van der Waals surface area contributed by atoms with E-state index in [4.69, 9.17) is 29.9 Å². The van der Waals surface area contributed by atoms with Crippen molar-refractivity contribution in [2.24, 2.45) is 0 Å². The van der Waals surface area contributed by atoms with Crippen molar-refractivity contribution in [3.63, 3.8) is 0 Å². The topological polar surface area (TPSA) is 77.3 Å². The van der Waals surface area contributed by atoms with Crippen LogP contribution in [0.15, 0.2) is 182 Å². The Labute approximate surface area is 341 Å². The number of aromatic nitrogens is 6. The highest BCUT2D eigenvalue weighted by molar-refractivity contribution is 5.96. The largest absolute Gasteiger partial charge is 0.244 e. The molecule has 0 aliphatic heterocycles. The third-order valence-corrected chi connectivity index (χ3v) is 12.1. The van der Waals surface area contributed by atoms with Crippen LogP contribution in [0.2, 0.25) is 0 Å². The minimum absolute atomic E-state index is 0.0206. The first-order valence-corrected chi connectivity index (χ1v) is 20.1. The molecule has 0 radical (unpaired) electrons. The van der Waals surface area contributed by atoms with Gasteiger partial charge in [-0.05, 0) is 50.9 Å². The van der Waals surface area contributed by atoms with Gasteiger partial charge in [0.2, 0.25) is 0 Å². The number of pyridine rings is 2. The van der Waals surface area contributed by atoms with Crippen LogP contribution in [-0.2, 0) is 0 Å². The zero-order valence-corrected chi connectivity index (χ0v) is 31.9. The molecule has 59 heavy (non-hydrogen) atoms. The molecule has 6 aromatic carbocycles. The number of nitrogens with zero attached hydrogens (tertiary/aromatic N) is 6. The van der Waals surface area contributed by atoms with E-state index in [2.05, 4.69) is 158 Å². The summed E-state index contributed by atoms with van der Waals surface area (Å²) in [4.78, 5) is 31.8. The number of hydrogen-bond donors (Lipinski definition) is 0. The maximum atomic E-state index is 5.47. The van der Waals surface area contributed by atoms with Crippen molar-refractivity contribution >= 4 is 22.1 Å². The van der Waals surface area contributed by atoms with E-state index >= 15 is 0 Å². The monoisotopic (exact) mass is 754 g/mol. The summed E-state index contributed by atoms with van der Waals surface area (Å²) in [6.45, 7) is 0. The van der Waals surface area contributed by atoms with E-state index < -0.39 is 0 Å². The van der Waals surface area contributed by atoms with E-state index in [0.29, 0.717) is 11.6 Å². The zero-order chi connectivity index (χ0) is 38.9. The van der Waals surface area contributed by atoms with Crippen molar-refractivity contribution < 1.29 is 0 Å². The highest BCUT2D eigenvalue weighted by atomic mass is 14.9. The van der Waals surface area contributed by atoms with Gasteiger partial charge >= 0.3 is 0 Å². The van der Waals surface area contributed by atoms with Crippen molar-refractivity contribution in [2.45, 2.75) is 18.3 Å². The summed E-state index contributed by atoms with van der Waals surface area (Å²) in [7, 11) is 0. The van der Waals surface area contributed by atoms with Crippen LogP contribution in [0.25, 0.3) is 89.6 Å². The summed E-state index contributed by atoms with van der Waals surface area (Å²) < 4.78 is 0. The van der Waals surface area contributed by atoms with Gasteiger partial charge in [0, 0.05) is 34.1 Å². The molecule has 0 spiro atoms. The molecule has 2 aliphatic carbocycles. The molecule has 2 unspecified atom stereocenters. The lowest BCUT2D eigenvalue weighted by Gasteiger charge is -2.26. The Bertz CT molecular complexity index is 3020. The van der Waals surface area contributed by atoms with Crippen molar-refractivity contribution in [2.75, 3.05) is 0 Å². The number of fused-ring (bicyclic) bond motifs is 12. The minimum Gasteiger partial charge on any atom is -0.244 e. The third-order valence-electron chi connectivity index (χ3n) is 12.1. The van der Waals surface area contributed by atoms with E-state index in [1.54, 1.807) is 0 Å². The number of rotatable bonds is 6. The van der Waals surface area contributed by atoms with Crippen molar-refractivity contribution in [3.05, 3.63) is 205 Å². The molecule has 4 heterocycles. The SMILES string of the molecule is c1ccc(-c2ccccc2-c2ncc3nc(-c4ccccc4)c4c(c3n2)C2CC4c3c2c(-c2ccccc2)nc2cnc(-c4ccccc4-c4ccccc4)nc32)cc1.